The summed E-state index contributed by atoms with van der Waals surface area (Å²) in [5.41, 5.74) is 8.59. The Bertz CT molecular complexity index is 408. The Hall–Kier alpha value is -1.06. The molecule has 0 radical (unpaired) electrons. The fourth-order valence-corrected chi connectivity index (χ4v) is 1.23. The fraction of sp³-hybridized carbons (Fsp3) is 0.222. The van der Waals surface area contributed by atoms with Crippen LogP contribution in [-0.2, 0) is 6.54 Å². The van der Waals surface area contributed by atoms with Crippen LogP contribution in [0, 0.1) is 6.92 Å². The lowest BCUT2D eigenvalue weighted by atomic mass is 10.3. The second kappa shape index (κ2) is 3.77. The van der Waals surface area contributed by atoms with Crippen LogP contribution < -0.4 is 5.73 Å². The Morgan fingerprint density at radius 3 is 3.00 bits per heavy atom. The van der Waals surface area contributed by atoms with Gasteiger partial charge in [-0.1, -0.05) is 0 Å². The van der Waals surface area contributed by atoms with E-state index in [1.807, 2.05) is 22.9 Å². The van der Waals surface area contributed by atoms with Crippen LogP contribution >= 0.6 is 12.4 Å². The first-order valence-electron chi connectivity index (χ1n) is 3.94. The molecule has 3 nitrogen and oxygen atoms in total. The van der Waals surface area contributed by atoms with Crippen LogP contribution in [-0.4, -0.2) is 9.38 Å². The molecule has 2 N–H and O–H groups in total. The van der Waals surface area contributed by atoms with Gasteiger partial charge in [-0.15, -0.1) is 12.4 Å². The van der Waals surface area contributed by atoms with Crippen LogP contribution in [0.3, 0.4) is 0 Å². The van der Waals surface area contributed by atoms with Gasteiger partial charge in [0.25, 0.3) is 0 Å². The minimum absolute atomic E-state index is 0. The zero-order valence-corrected chi connectivity index (χ0v) is 8.21. The maximum absolute atomic E-state index is 5.48. The lowest BCUT2D eigenvalue weighted by Crippen LogP contribution is -1.95. The molecule has 13 heavy (non-hydrogen) atoms. The van der Waals surface area contributed by atoms with Crippen molar-refractivity contribution in [1.29, 1.82) is 0 Å². The molecule has 0 atom stereocenters. The summed E-state index contributed by atoms with van der Waals surface area (Å²) in [4.78, 5) is 4.33. The molecule has 70 valence electrons. The van der Waals surface area contributed by atoms with Crippen molar-refractivity contribution >= 4 is 18.1 Å². The van der Waals surface area contributed by atoms with Crippen LogP contribution in [0.2, 0.25) is 0 Å². The normalized spacial score (nSPS) is 10.0. The molecule has 0 saturated carbocycles. The highest BCUT2D eigenvalue weighted by molar-refractivity contribution is 5.85. The molecule has 2 heterocycles. The first-order chi connectivity index (χ1) is 5.79. The predicted molar refractivity (Wildman–Crippen MR) is 55.1 cm³/mol. The van der Waals surface area contributed by atoms with E-state index in [1.54, 1.807) is 0 Å². The van der Waals surface area contributed by atoms with E-state index >= 15 is 0 Å². The zero-order chi connectivity index (χ0) is 8.55. The van der Waals surface area contributed by atoms with Crippen molar-refractivity contribution in [2.75, 3.05) is 0 Å². The number of nitrogens with zero attached hydrogens (tertiary/aromatic N) is 2. The smallest absolute Gasteiger partial charge is 0.137 e. The Kier molecular flexibility index (Phi) is 2.90. The molecule has 0 spiro atoms. The second-order valence-corrected chi connectivity index (χ2v) is 2.91. The summed E-state index contributed by atoms with van der Waals surface area (Å²) in [6.45, 7) is 2.55. The van der Waals surface area contributed by atoms with E-state index in [0.717, 1.165) is 11.3 Å². The molecule has 2 aromatic heterocycles. The van der Waals surface area contributed by atoms with Gasteiger partial charge in [-0.25, -0.2) is 4.98 Å². The molecule has 0 aliphatic rings. The van der Waals surface area contributed by atoms with Gasteiger partial charge < -0.3 is 10.1 Å². The van der Waals surface area contributed by atoms with Crippen LogP contribution in [0.15, 0.2) is 24.5 Å². The van der Waals surface area contributed by atoms with Gasteiger partial charge >= 0.3 is 0 Å². The molecule has 0 unspecified atom stereocenters. The van der Waals surface area contributed by atoms with Crippen molar-refractivity contribution in [3.8, 4) is 0 Å². The Balaban J connectivity index is 0.000000845. The maximum Gasteiger partial charge on any atom is 0.137 e. The van der Waals surface area contributed by atoms with Gasteiger partial charge in [0, 0.05) is 18.9 Å². The molecule has 2 aromatic rings. The lowest BCUT2D eigenvalue weighted by molar-refractivity contribution is 1.02. The SMILES string of the molecule is Cc1ccn2cc(CN)nc2c1.Cl. The monoisotopic (exact) mass is 197 g/mol. The number of pyridine rings is 1. The highest BCUT2D eigenvalue weighted by Crippen LogP contribution is 2.06. The van der Waals surface area contributed by atoms with Crippen LogP contribution in [0.25, 0.3) is 5.65 Å². The summed E-state index contributed by atoms with van der Waals surface area (Å²) in [7, 11) is 0. The second-order valence-electron chi connectivity index (χ2n) is 2.91. The van der Waals surface area contributed by atoms with Crippen molar-refractivity contribution < 1.29 is 0 Å². The van der Waals surface area contributed by atoms with E-state index in [-0.39, 0.29) is 12.4 Å². The molecule has 0 bridgehead atoms. The van der Waals surface area contributed by atoms with Gasteiger partial charge in [-0.2, -0.15) is 0 Å². The van der Waals surface area contributed by atoms with Gasteiger partial charge in [0.2, 0.25) is 0 Å². The average Bonchev–Trinajstić information content (AvgIpc) is 2.46. The number of hydrogen-bond acceptors (Lipinski definition) is 2. The zero-order valence-electron chi connectivity index (χ0n) is 7.40. The molecule has 0 saturated heterocycles. The molecule has 0 fully saturated rings. The van der Waals surface area contributed by atoms with Gasteiger partial charge in [0.15, 0.2) is 0 Å². The number of halogens is 1. The number of fused-ring (bicyclic) bond motifs is 1. The summed E-state index contributed by atoms with van der Waals surface area (Å²) in [5.74, 6) is 0. The van der Waals surface area contributed by atoms with Gasteiger partial charge in [0.1, 0.15) is 5.65 Å². The minimum Gasteiger partial charge on any atom is -0.325 e. The van der Waals surface area contributed by atoms with Crippen LogP contribution in [0.1, 0.15) is 11.3 Å². The Morgan fingerprint density at radius 1 is 1.54 bits per heavy atom. The Morgan fingerprint density at radius 2 is 2.31 bits per heavy atom. The highest BCUT2D eigenvalue weighted by atomic mass is 35.5. The number of aromatic nitrogens is 2. The molecule has 0 aromatic carbocycles. The van der Waals surface area contributed by atoms with Crippen molar-refractivity contribution in [3.63, 3.8) is 0 Å². The van der Waals surface area contributed by atoms with Gasteiger partial charge in [-0.05, 0) is 24.6 Å². The first-order valence-corrected chi connectivity index (χ1v) is 3.94. The third-order valence-corrected chi connectivity index (χ3v) is 1.87. The summed E-state index contributed by atoms with van der Waals surface area (Å²) in [5, 5.41) is 0. The lowest BCUT2D eigenvalue weighted by Gasteiger charge is -1.92. The fourth-order valence-electron chi connectivity index (χ4n) is 1.23. The maximum atomic E-state index is 5.48. The van der Waals surface area contributed by atoms with Gasteiger partial charge in [0.05, 0.1) is 5.69 Å². The van der Waals surface area contributed by atoms with E-state index < -0.39 is 0 Å². The molecular formula is C9H12ClN3. The van der Waals surface area contributed by atoms with Crippen LogP contribution in [0.4, 0.5) is 0 Å². The van der Waals surface area contributed by atoms with Crippen molar-refractivity contribution in [2.24, 2.45) is 5.73 Å². The van der Waals surface area contributed by atoms with E-state index in [1.165, 1.54) is 5.56 Å². The number of aryl methyl sites for hydroxylation is 1. The number of imidazole rings is 1. The molecule has 2 rings (SSSR count). The van der Waals surface area contributed by atoms with E-state index in [9.17, 15) is 0 Å². The molecule has 4 heteroatoms. The molecule has 0 amide bonds. The summed E-state index contributed by atoms with van der Waals surface area (Å²) in [6, 6.07) is 4.09. The number of nitrogens with two attached hydrogens (primary N) is 1. The summed E-state index contributed by atoms with van der Waals surface area (Å²) in [6.07, 6.45) is 3.95. The largest absolute Gasteiger partial charge is 0.325 e. The first kappa shape index (κ1) is 10.0. The predicted octanol–water partition coefficient (Wildman–Crippen LogP) is 1.52. The topological polar surface area (TPSA) is 43.3 Å². The quantitative estimate of drug-likeness (QED) is 0.754. The molecular weight excluding hydrogens is 186 g/mol. The highest BCUT2D eigenvalue weighted by Gasteiger charge is 1.98. The third-order valence-electron chi connectivity index (χ3n) is 1.87. The van der Waals surface area contributed by atoms with Crippen molar-refractivity contribution in [1.82, 2.24) is 9.38 Å². The van der Waals surface area contributed by atoms with Crippen molar-refractivity contribution in [2.45, 2.75) is 13.5 Å². The minimum atomic E-state index is 0. The third kappa shape index (κ3) is 1.82. The van der Waals surface area contributed by atoms with E-state index in [2.05, 4.69) is 18.0 Å². The van der Waals surface area contributed by atoms with E-state index in [0.29, 0.717) is 6.54 Å². The number of hydrogen-bond donors (Lipinski definition) is 1. The average molecular weight is 198 g/mol. The summed E-state index contributed by atoms with van der Waals surface area (Å²) >= 11 is 0. The summed E-state index contributed by atoms with van der Waals surface area (Å²) < 4.78 is 1.98. The molecule has 0 aliphatic carbocycles. The van der Waals surface area contributed by atoms with E-state index in [4.69, 9.17) is 5.73 Å². The van der Waals surface area contributed by atoms with Gasteiger partial charge in [-0.3, -0.25) is 0 Å². The number of rotatable bonds is 1. The Labute approximate surface area is 83.0 Å². The molecule has 0 aliphatic heterocycles. The van der Waals surface area contributed by atoms with Crippen molar-refractivity contribution in [3.05, 3.63) is 35.8 Å². The standard InChI is InChI=1S/C9H11N3.ClH/c1-7-2-3-12-6-8(5-10)11-9(12)4-7;/h2-4,6H,5,10H2,1H3;1H. The van der Waals surface area contributed by atoms with Crippen LogP contribution in [0.5, 0.6) is 0 Å².